The summed E-state index contributed by atoms with van der Waals surface area (Å²) in [6.45, 7) is 4.79. The number of rotatable bonds is 10. The molecule has 198 valence electrons. The van der Waals surface area contributed by atoms with Crippen LogP contribution in [0.3, 0.4) is 0 Å². The van der Waals surface area contributed by atoms with E-state index in [1.807, 2.05) is 6.07 Å². The summed E-state index contributed by atoms with van der Waals surface area (Å²) in [5.74, 6) is 1.35. The van der Waals surface area contributed by atoms with Gasteiger partial charge in [-0.25, -0.2) is 15.0 Å². The fourth-order valence-electron chi connectivity index (χ4n) is 4.87. The third kappa shape index (κ3) is 7.40. The highest BCUT2D eigenvalue weighted by atomic mass is 35.5. The normalized spacial score (nSPS) is 22.7. The van der Waals surface area contributed by atoms with Crippen LogP contribution in [-0.2, 0) is 9.47 Å². The number of nitrogens with zero attached hydrogens (tertiary/aromatic N) is 3. The largest absolute Gasteiger partial charge is 0.383 e. The van der Waals surface area contributed by atoms with Gasteiger partial charge in [0.15, 0.2) is 5.15 Å². The Balaban J connectivity index is 1.40. The quantitative estimate of drug-likeness (QED) is 0.354. The number of aromatic nitrogens is 3. The second kappa shape index (κ2) is 12.7. The van der Waals surface area contributed by atoms with Crippen molar-refractivity contribution < 1.29 is 9.47 Å². The summed E-state index contributed by atoms with van der Waals surface area (Å²) in [5.41, 5.74) is 7.37. The molecule has 5 N–H and O–H groups in total. The molecule has 2 aromatic rings. The molecule has 0 bridgehead atoms. The molecular formula is C25H37Cl2N7O2. The van der Waals surface area contributed by atoms with Crippen molar-refractivity contribution in [3.05, 3.63) is 28.6 Å². The Kier molecular flexibility index (Phi) is 9.60. The number of pyridine rings is 1. The van der Waals surface area contributed by atoms with Crippen LogP contribution in [-0.4, -0.2) is 72.1 Å². The fourth-order valence-corrected chi connectivity index (χ4v) is 5.25. The molecule has 3 heterocycles. The highest BCUT2D eigenvalue weighted by Gasteiger charge is 2.28. The fraction of sp³-hybridized carbons (Fsp3) is 0.640. The van der Waals surface area contributed by atoms with Crippen molar-refractivity contribution in [3.8, 4) is 11.3 Å². The molecule has 9 nitrogen and oxygen atoms in total. The van der Waals surface area contributed by atoms with Crippen molar-refractivity contribution in [1.82, 2.24) is 20.3 Å². The molecule has 0 aromatic carbocycles. The van der Waals surface area contributed by atoms with E-state index < -0.39 is 0 Å². The van der Waals surface area contributed by atoms with Crippen LogP contribution >= 0.6 is 23.2 Å². The van der Waals surface area contributed by atoms with Crippen LogP contribution in [0.1, 0.15) is 45.4 Å². The monoisotopic (exact) mass is 537 g/mol. The van der Waals surface area contributed by atoms with Crippen LogP contribution in [0.4, 0.5) is 11.6 Å². The van der Waals surface area contributed by atoms with Gasteiger partial charge in [0.1, 0.15) is 17.3 Å². The highest BCUT2D eigenvalue weighted by molar-refractivity contribution is 6.35. The minimum absolute atomic E-state index is 0.282. The lowest BCUT2D eigenvalue weighted by Crippen LogP contribution is -2.50. The second-order valence-electron chi connectivity index (χ2n) is 9.99. The predicted molar refractivity (Wildman–Crippen MR) is 145 cm³/mol. The molecule has 0 unspecified atom stereocenters. The molecule has 2 aliphatic rings. The number of anilines is 2. The van der Waals surface area contributed by atoms with E-state index in [0.29, 0.717) is 60.0 Å². The van der Waals surface area contributed by atoms with Gasteiger partial charge < -0.3 is 31.2 Å². The van der Waals surface area contributed by atoms with E-state index in [0.717, 1.165) is 50.9 Å². The van der Waals surface area contributed by atoms with Crippen molar-refractivity contribution in [2.24, 2.45) is 5.73 Å². The Labute approximate surface area is 223 Å². The molecule has 1 atom stereocenters. The molecule has 1 aliphatic carbocycles. The lowest BCUT2D eigenvalue weighted by molar-refractivity contribution is 0.0574. The van der Waals surface area contributed by atoms with Gasteiger partial charge in [-0.3, -0.25) is 0 Å². The summed E-state index contributed by atoms with van der Waals surface area (Å²) in [4.78, 5) is 13.5. The van der Waals surface area contributed by atoms with Gasteiger partial charge in [0, 0.05) is 62.3 Å². The van der Waals surface area contributed by atoms with Gasteiger partial charge in [0.05, 0.1) is 17.8 Å². The van der Waals surface area contributed by atoms with Crippen molar-refractivity contribution >= 4 is 34.8 Å². The second-order valence-corrected chi connectivity index (χ2v) is 10.8. The molecule has 36 heavy (non-hydrogen) atoms. The van der Waals surface area contributed by atoms with E-state index >= 15 is 0 Å². The summed E-state index contributed by atoms with van der Waals surface area (Å²) >= 11 is 13.0. The number of ether oxygens (including phenoxy) is 2. The molecule has 4 rings (SSSR count). The van der Waals surface area contributed by atoms with Gasteiger partial charge in [-0.1, -0.05) is 23.2 Å². The third-order valence-corrected chi connectivity index (χ3v) is 7.54. The minimum atomic E-state index is -0.332. The van der Waals surface area contributed by atoms with Gasteiger partial charge in [-0.15, -0.1) is 0 Å². The van der Waals surface area contributed by atoms with Crippen molar-refractivity contribution in [3.63, 3.8) is 0 Å². The van der Waals surface area contributed by atoms with Gasteiger partial charge in [-0.05, 0) is 51.5 Å². The Morgan fingerprint density at radius 1 is 1.11 bits per heavy atom. The Morgan fingerprint density at radius 2 is 1.83 bits per heavy atom. The first-order valence-corrected chi connectivity index (χ1v) is 13.4. The van der Waals surface area contributed by atoms with E-state index in [2.05, 4.69) is 32.8 Å². The van der Waals surface area contributed by atoms with Crippen LogP contribution in [0.15, 0.2) is 18.5 Å². The maximum Gasteiger partial charge on any atom is 0.155 e. The van der Waals surface area contributed by atoms with Crippen LogP contribution in [0.25, 0.3) is 11.3 Å². The van der Waals surface area contributed by atoms with E-state index in [1.54, 1.807) is 19.5 Å². The zero-order valence-corrected chi connectivity index (χ0v) is 22.5. The number of hydrogen-bond acceptors (Lipinski definition) is 9. The van der Waals surface area contributed by atoms with Crippen LogP contribution in [0, 0.1) is 0 Å². The third-order valence-electron chi connectivity index (χ3n) is 6.96. The maximum atomic E-state index is 6.52. The summed E-state index contributed by atoms with van der Waals surface area (Å²) < 4.78 is 10.7. The average Bonchev–Trinajstić information content (AvgIpc) is 2.87. The minimum Gasteiger partial charge on any atom is -0.383 e. The predicted octanol–water partition coefficient (Wildman–Crippen LogP) is 4.11. The highest BCUT2D eigenvalue weighted by Crippen LogP contribution is 2.33. The molecule has 11 heteroatoms. The molecule has 2 aromatic heterocycles. The summed E-state index contributed by atoms with van der Waals surface area (Å²) in [5, 5.41) is 11.3. The molecule has 0 radical (unpaired) electrons. The Morgan fingerprint density at radius 3 is 2.56 bits per heavy atom. The molecule has 1 saturated heterocycles. The van der Waals surface area contributed by atoms with E-state index in [-0.39, 0.29) is 10.7 Å². The first-order valence-electron chi connectivity index (χ1n) is 12.7. The average molecular weight is 539 g/mol. The first-order chi connectivity index (χ1) is 17.3. The van der Waals surface area contributed by atoms with Crippen LogP contribution in [0.5, 0.6) is 0 Å². The van der Waals surface area contributed by atoms with E-state index in [4.69, 9.17) is 43.4 Å². The van der Waals surface area contributed by atoms with Crippen molar-refractivity contribution in [1.29, 1.82) is 0 Å². The SMILES string of the molecule is COC[C@@H](C)NC1CCC(Nc2cc(-c3nc(NCC4(N)CCOCC4)cnc3Cl)c(Cl)cn2)CC1. The van der Waals surface area contributed by atoms with Crippen molar-refractivity contribution in [2.45, 2.75) is 69.1 Å². The standard InChI is InChI=1S/C25H37Cl2N7O2/c1-16(14-35-2)32-17-3-5-18(6-4-17)33-21-11-19(20(26)12-29-21)23-24(27)30-13-22(34-23)31-15-25(28)7-9-36-10-8-25/h11-13,16-18,32H,3-10,14-15,28H2,1-2H3,(H,29,33)(H,31,34)/t16-,17?,18?/m1/s1. The molecule has 0 amide bonds. The lowest BCUT2D eigenvalue weighted by Gasteiger charge is -2.33. The number of methoxy groups -OCH3 is 1. The van der Waals surface area contributed by atoms with Gasteiger partial charge in [0.2, 0.25) is 0 Å². The van der Waals surface area contributed by atoms with Crippen LogP contribution < -0.4 is 21.7 Å². The molecular weight excluding hydrogens is 501 g/mol. The smallest absolute Gasteiger partial charge is 0.155 e. The zero-order chi connectivity index (χ0) is 25.5. The summed E-state index contributed by atoms with van der Waals surface area (Å²) in [6, 6.07) is 3.11. The van der Waals surface area contributed by atoms with E-state index in [9.17, 15) is 0 Å². The Bertz CT molecular complexity index is 998. The summed E-state index contributed by atoms with van der Waals surface area (Å²) in [7, 11) is 1.74. The number of hydrogen-bond donors (Lipinski definition) is 4. The molecule has 1 aliphatic heterocycles. The number of nitrogens with two attached hydrogens (primary N) is 1. The molecule has 2 fully saturated rings. The number of nitrogens with one attached hydrogen (secondary N) is 3. The molecule has 0 spiro atoms. The first kappa shape index (κ1) is 27.3. The van der Waals surface area contributed by atoms with Gasteiger partial charge in [-0.2, -0.15) is 0 Å². The maximum absolute atomic E-state index is 6.52. The Hall–Kier alpha value is -1.75. The van der Waals surface area contributed by atoms with Gasteiger partial charge >= 0.3 is 0 Å². The van der Waals surface area contributed by atoms with Crippen LogP contribution in [0.2, 0.25) is 10.2 Å². The van der Waals surface area contributed by atoms with Gasteiger partial charge in [0.25, 0.3) is 0 Å². The molecule has 1 saturated carbocycles. The lowest BCUT2D eigenvalue weighted by atomic mass is 9.90. The summed E-state index contributed by atoms with van der Waals surface area (Å²) in [6.07, 6.45) is 9.16. The zero-order valence-electron chi connectivity index (χ0n) is 21.0. The number of halogens is 2. The van der Waals surface area contributed by atoms with Crippen molar-refractivity contribution in [2.75, 3.05) is 44.1 Å². The topological polar surface area (TPSA) is 119 Å². The van der Waals surface area contributed by atoms with E-state index in [1.165, 1.54) is 0 Å².